The molecule has 1 amide bonds. The lowest BCUT2D eigenvalue weighted by molar-refractivity contribution is -0.122. The van der Waals surface area contributed by atoms with E-state index in [1.165, 1.54) is 25.7 Å². The Bertz CT molecular complexity index is 289. The maximum Gasteiger partial charge on any atom is 0.234 e. The molecular weight excluding hydrogens is 202 g/mol. The van der Waals surface area contributed by atoms with Gasteiger partial charge in [-0.1, -0.05) is 0 Å². The Kier molecular flexibility index (Phi) is 3.79. The Labute approximate surface area is 96.6 Å². The highest BCUT2D eigenvalue weighted by Crippen LogP contribution is 2.28. The second kappa shape index (κ2) is 5.31. The van der Waals surface area contributed by atoms with Gasteiger partial charge in [-0.05, 0) is 31.6 Å². The molecule has 2 rings (SSSR count). The minimum Gasteiger partial charge on any atom is -0.355 e. The van der Waals surface area contributed by atoms with Crippen molar-refractivity contribution < 1.29 is 4.79 Å². The molecule has 0 spiro atoms. The highest BCUT2D eigenvalue weighted by atomic mass is 16.2. The van der Waals surface area contributed by atoms with E-state index in [0.717, 1.165) is 19.0 Å². The van der Waals surface area contributed by atoms with Crippen LogP contribution < -0.4 is 5.32 Å². The molecule has 0 radical (unpaired) electrons. The quantitative estimate of drug-likeness (QED) is 0.694. The SMILES string of the molecule is N#CCCN(CC(=O)NCC1CC1)C1CC1. The number of rotatable bonds is 7. The van der Waals surface area contributed by atoms with Crippen LogP contribution in [0.4, 0.5) is 0 Å². The van der Waals surface area contributed by atoms with E-state index in [0.29, 0.717) is 19.0 Å². The summed E-state index contributed by atoms with van der Waals surface area (Å²) in [4.78, 5) is 13.8. The molecule has 16 heavy (non-hydrogen) atoms. The molecule has 0 heterocycles. The highest BCUT2D eigenvalue weighted by Gasteiger charge is 2.30. The summed E-state index contributed by atoms with van der Waals surface area (Å²) in [5.74, 6) is 0.856. The molecule has 0 atom stereocenters. The van der Waals surface area contributed by atoms with Gasteiger partial charge in [0.05, 0.1) is 12.6 Å². The van der Waals surface area contributed by atoms with E-state index in [1.807, 2.05) is 0 Å². The number of amides is 1. The lowest BCUT2D eigenvalue weighted by Crippen LogP contribution is -2.39. The second-order valence-corrected chi connectivity index (χ2v) is 4.86. The number of carbonyl (C=O) groups excluding carboxylic acids is 1. The highest BCUT2D eigenvalue weighted by molar-refractivity contribution is 5.78. The van der Waals surface area contributed by atoms with Gasteiger partial charge in [0.1, 0.15) is 0 Å². The van der Waals surface area contributed by atoms with Crippen LogP contribution in [0.25, 0.3) is 0 Å². The first-order chi connectivity index (χ1) is 7.79. The number of nitriles is 1. The molecule has 0 aromatic rings. The summed E-state index contributed by atoms with van der Waals surface area (Å²) in [5.41, 5.74) is 0. The first-order valence-corrected chi connectivity index (χ1v) is 6.17. The molecule has 0 aromatic carbocycles. The molecule has 0 unspecified atom stereocenters. The number of nitrogens with zero attached hydrogens (tertiary/aromatic N) is 2. The zero-order valence-corrected chi connectivity index (χ0v) is 9.61. The topological polar surface area (TPSA) is 56.1 Å². The van der Waals surface area contributed by atoms with Gasteiger partial charge in [0.25, 0.3) is 0 Å². The number of hydrogen-bond donors (Lipinski definition) is 1. The van der Waals surface area contributed by atoms with Gasteiger partial charge < -0.3 is 5.32 Å². The number of carbonyl (C=O) groups is 1. The third kappa shape index (κ3) is 3.82. The van der Waals surface area contributed by atoms with Crippen molar-refractivity contribution in [1.82, 2.24) is 10.2 Å². The van der Waals surface area contributed by atoms with Gasteiger partial charge >= 0.3 is 0 Å². The summed E-state index contributed by atoms with van der Waals surface area (Å²) in [7, 11) is 0. The molecule has 2 saturated carbocycles. The molecule has 2 aliphatic carbocycles. The Morgan fingerprint density at radius 1 is 1.38 bits per heavy atom. The fourth-order valence-electron chi connectivity index (χ4n) is 1.84. The standard InChI is InChI=1S/C12H19N3O/c13-6-1-7-15(11-4-5-11)9-12(16)14-8-10-2-3-10/h10-11H,1-5,7-9H2,(H,14,16). The Hall–Kier alpha value is -1.08. The van der Waals surface area contributed by atoms with E-state index >= 15 is 0 Å². The molecule has 0 saturated heterocycles. The van der Waals surface area contributed by atoms with Gasteiger partial charge in [-0.15, -0.1) is 0 Å². The smallest absolute Gasteiger partial charge is 0.234 e. The fourth-order valence-corrected chi connectivity index (χ4v) is 1.84. The third-order valence-electron chi connectivity index (χ3n) is 3.21. The normalized spacial score (nSPS) is 19.5. The van der Waals surface area contributed by atoms with Crippen molar-refractivity contribution in [3.63, 3.8) is 0 Å². The molecule has 2 aliphatic rings. The van der Waals surface area contributed by atoms with Crippen LogP contribution in [0.2, 0.25) is 0 Å². The molecule has 0 aliphatic heterocycles. The predicted molar refractivity (Wildman–Crippen MR) is 60.6 cm³/mol. The van der Waals surface area contributed by atoms with E-state index in [9.17, 15) is 4.79 Å². The summed E-state index contributed by atoms with van der Waals surface area (Å²) in [6.07, 6.45) is 5.41. The van der Waals surface area contributed by atoms with E-state index in [4.69, 9.17) is 5.26 Å². The Morgan fingerprint density at radius 2 is 2.12 bits per heavy atom. The van der Waals surface area contributed by atoms with Crippen molar-refractivity contribution >= 4 is 5.91 Å². The van der Waals surface area contributed by atoms with E-state index in [-0.39, 0.29) is 5.91 Å². The molecule has 4 nitrogen and oxygen atoms in total. The van der Waals surface area contributed by atoms with Gasteiger partial charge in [-0.3, -0.25) is 9.69 Å². The maximum atomic E-state index is 11.6. The van der Waals surface area contributed by atoms with Crippen molar-refractivity contribution in [2.45, 2.75) is 38.1 Å². The van der Waals surface area contributed by atoms with Crippen LogP contribution in [0, 0.1) is 17.2 Å². The zero-order valence-electron chi connectivity index (χ0n) is 9.61. The van der Waals surface area contributed by atoms with E-state index in [1.54, 1.807) is 0 Å². The average Bonchev–Trinajstić information content (AvgIpc) is 3.15. The van der Waals surface area contributed by atoms with Crippen molar-refractivity contribution in [2.24, 2.45) is 5.92 Å². The molecule has 88 valence electrons. The van der Waals surface area contributed by atoms with Gasteiger partial charge in [0.2, 0.25) is 5.91 Å². The summed E-state index contributed by atoms with van der Waals surface area (Å²) in [5, 5.41) is 11.5. The lowest BCUT2D eigenvalue weighted by Gasteiger charge is -2.19. The number of nitrogens with one attached hydrogen (secondary N) is 1. The first kappa shape index (κ1) is 11.4. The molecule has 1 N–H and O–H groups in total. The first-order valence-electron chi connectivity index (χ1n) is 6.17. The fraction of sp³-hybridized carbons (Fsp3) is 0.833. The van der Waals surface area contributed by atoms with E-state index in [2.05, 4.69) is 16.3 Å². The summed E-state index contributed by atoms with van der Waals surface area (Å²) >= 11 is 0. The predicted octanol–water partition coefficient (Wildman–Crippen LogP) is 0.891. The van der Waals surface area contributed by atoms with Gasteiger partial charge in [-0.2, -0.15) is 5.26 Å². The Morgan fingerprint density at radius 3 is 2.69 bits per heavy atom. The minimum absolute atomic E-state index is 0.122. The van der Waals surface area contributed by atoms with Crippen LogP contribution >= 0.6 is 0 Å². The van der Waals surface area contributed by atoms with Crippen LogP contribution in [0.1, 0.15) is 32.1 Å². The van der Waals surface area contributed by atoms with Crippen LogP contribution in [0.15, 0.2) is 0 Å². The summed E-state index contributed by atoms with van der Waals surface area (Å²) in [6.45, 7) is 2.05. The summed E-state index contributed by atoms with van der Waals surface area (Å²) in [6, 6.07) is 2.70. The largest absolute Gasteiger partial charge is 0.355 e. The van der Waals surface area contributed by atoms with Crippen molar-refractivity contribution in [3.8, 4) is 6.07 Å². The molecular formula is C12H19N3O. The third-order valence-corrected chi connectivity index (χ3v) is 3.21. The average molecular weight is 221 g/mol. The minimum atomic E-state index is 0.122. The van der Waals surface area contributed by atoms with E-state index < -0.39 is 0 Å². The van der Waals surface area contributed by atoms with Crippen molar-refractivity contribution in [3.05, 3.63) is 0 Å². The van der Waals surface area contributed by atoms with Crippen LogP contribution in [0.5, 0.6) is 0 Å². The van der Waals surface area contributed by atoms with Crippen molar-refractivity contribution in [1.29, 1.82) is 5.26 Å². The van der Waals surface area contributed by atoms with Gasteiger partial charge in [0, 0.05) is 25.6 Å². The summed E-state index contributed by atoms with van der Waals surface area (Å²) < 4.78 is 0. The molecule has 0 bridgehead atoms. The Balaban J connectivity index is 1.66. The van der Waals surface area contributed by atoms with Crippen molar-refractivity contribution in [2.75, 3.05) is 19.6 Å². The maximum absolute atomic E-state index is 11.6. The number of hydrogen-bond acceptors (Lipinski definition) is 3. The van der Waals surface area contributed by atoms with Gasteiger partial charge in [-0.25, -0.2) is 0 Å². The monoisotopic (exact) mass is 221 g/mol. The van der Waals surface area contributed by atoms with Crippen LogP contribution in [-0.4, -0.2) is 36.5 Å². The zero-order chi connectivity index (χ0) is 11.4. The van der Waals surface area contributed by atoms with Crippen LogP contribution in [0.3, 0.4) is 0 Å². The lowest BCUT2D eigenvalue weighted by atomic mass is 10.3. The van der Waals surface area contributed by atoms with Gasteiger partial charge in [0.15, 0.2) is 0 Å². The molecule has 0 aromatic heterocycles. The molecule has 2 fully saturated rings. The second-order valence-electron chi connectivity index (χ2n) is 4.86. The molecule has 4 heteroatoms. The van der Waals surface area contributed by atoms with Crippen LogP contribution in [-0.2, 0) is 4.79 Å².